The third-order valence-electron chi connectivity index (χ3n) is 4.49. The number of benzene rings is 1. The molecule has 0 spiro atoms. The molecule has 1 N–H and O–H groups in total. The normalized spacial score (nSPS) is 14.2. The van der Waals surface area contributed by atoms with E-state index in [1.807, 2.05) is 18.2 Å². The van der Waals surface area contributed by atoms with Gasteiger partial charge in [-0.05, 0) is 49.2 Å². The van der Waals surface area contributed by atoms with Crippen LogP contribution in [0.3, 0.4) is 0 Å². The molecule has 0 bridgehead atoms. The summed E-state index contributed by atoms with van der Waals surface area (Å²) in [5.41, 5.74) is 1.19. The van der Waals surface area contributed by atoms with Crippen LogP contribution in [-0.2, 0) is 6.42 Å². The molecular formula is C19H28N2O2S. The van der Waals surface area contributed by atoms with E-state index in [1.165, 1.54) is 31.2 Å². The maximum atomic E-state index is 5.60. The maximum absolute atomic E-state index is 5.60. The Labute approximate surface area is 150 Å². The summed E-state index contributed by atoms with van der Waals surface area (Å²) in [5, 5.41) is 4.23. The average Bonchev–Trinajstić information content (AvgIpc) is 3.13. The minimum absolute atomic E-state index is 0.559. The first-order valence-corrected chi connectivity index (χ1v) is 8.96. The van der Waals surface area contributed by atoms with E-state index in [-0.39, 0.29) is 0 Å². The summed E-state index contributed by atoms with van der Waals surface area (Å²) in [7, 11) is 3.30. The van der Waals surface area contributed by atoms with E-state index in [2.05, 4.69) is 22.9 Å². The molecule has 0 atom stereocenters. The highest BCUT2D eigenvalue weighted by Crippen LogP contribution is 2.27. The Morgan fingerprint density at radius 3 is 2.62 bits per heavy atom. The van der Waals surface area contributed by atoms with Crippen LogP contribution in [0.25, 0.3) is 0 Å². The number of nitrogens with zero attached hydrogens (tertiary/aromatic N) is 1. The van der Waals surface area contributed by atoms with Crippen molar-refractivity contribution in [1.82, 2.24) is 10.2 Å². The fraction of sp³-hybridized carbons (Fsp3) is 0.526. The second-order valence-corrected chi connectivity index (χ2v) is 6.44. The maximum Gasteiger partial charge on any atom is 0.169 e. The van der Waals surface area contributed by atoms with E-state index in [1.54, 1.807) is 14.2 Å². The molecule has 0 heterocycles. The molecule has 0 saturated heterocycles. The molecule has 0 aromatic heterocycles. The smallest absolute Gasteiger partial charge is 0.169 e. The van der Waals surface area contributed by atoms with Crippen molar-refractivity contribution in [2.45, 2.75) is 38.1 Å². The second-order valence-electron chi connectivity index (χ2n) is 6.05. The highest BCUT2D eigenvalue weighted by molar-refractivity contribution is 7.80. The summed E-state index contributed by atoms with van der Waals surface area (Å²) >= 11 is 5.60. The van der Waals surface area contributed by atoms with Crippen LogP contribution in [0.4, 0.5) is 0 Å². The number of thiocarbonyl (C=S) groups is 1. The van der Waals surface area contributed by atoms with Crippen LogP contribution in [0.5, 0.6) is 11.5 Å². The fourth-order valence-corrected chi connectivity index (χ4v) is 3.53. The van der Waals surface area contributed by atoms with Gasteiger partial charge in [-0.2, -0.15) is 0 Å². The lowest BCUT2D eigenvalue weighted by molar-refractivity contribution is 0.338. The fourth-order valence-electron chi connectivity index (χ4n) is 3.20. The van der Waals surface area contributed by atoms with Gasteiger partial charge in [0, 0.05) is 19.1 Å². The van der Waals surface area contributed by atoms with Crippen LogP contribution < -0.4 is 14.8 Å². The van der Waals surface area contributed by atoms with Crippen molar-refractivity contribution in [3.8, 4) is 11.5 Å². The quantitative estimate of drug-likeness (QED) is 0.574. The van der Waals surface area contributed by atoms with Crippen molar-refractivity contribution in [2.24, 2.45) is 0 Å². The van der Waals surface area contributed by atoms with Crippen molar-refractivity contribution < 1.29 is 9.47 Å². The summed E-state index contributed by atoms with van der Waals surface area (Å²) in [6, 6.07) is 6.57. The summed E-state index contributed by atoms with van der Waals surface area (Å²) in [5.74, 6) is 1.51. The van der Waals surface area contributed by atoms with Crippen molar-refractivity contribution >= 4 is 17.3 Å². The van der Waals surface area contributed by atoms with Gasteiger partial charge in [-0.1, -0.05) is 25.0 Å². The lowest BCUT2D eigenvalue weighted by Crippen LogP contribution is -2.45. The molecule has 132 valence electrons. The zero-order chi connectivity index (χ0) is 17.4. The molecule has 5 heteroatoms. The lowest BCUT2D eigenvalue weighted by Gasteiger charge is -2.30. The highest BCUT2D eigenvalue weighted by atomic mass is 32.1. The molecule has 1 aromatic carbocycles. The largest absolute Gasteiger partial charge is 0.493 e. The Bertz CT molecular complexity index is 556. The van der Waals surface area contributed by atoms with Gasteiger partial charge < -0.3 is 19.7 Å². The van der Waals surface area contributed by atoms with E-state index < -0.39 is 0 Å². The van der Waals surface area contributed by atoms with Crippen LogP contribution in [0.1, 0.15) is 31.2 Å². The summed E-state index contributed by atoms with van der Waals surface area (Å²) in [6.45, 7) is 5.48. The molecular weight excluding hydrogens is 320 g/mol. The molecule has 1 aromatic rings. The third kappa shape index (κ3) is 4.87. The predicted molar refractivity (Wildman–Crippen MR) is 103 cm³/mol. The van der Waals surface area contributed by atoms with Crippen LogP contribution >= 0.6 is 12.2 Å². The molecule has 0 radical (unpaired) electrons. The highest BCUT2D eigenvalue weighted by Gasteiger charge is 2.23. The van der Waals surface area contributed by atoms with Gasteiger partial charge in [0.25, 0.3) is 0 Å². The van der Waals surface area contributed by atoms with Crippen LogP contribution in [0.2, 0.25) is 0 Å². The Kier molecular flexibility index (Phi) is 7.37. The molecule has 0 aliphatic heterocycles. The van der Waals surface area contributed by atoms with Gasteiger partial charge in [0.05, 0.1) is 14.2 Å². The topological polar surface area (TPSA) is 33.7 Å². The van der Waals surface area contributed by atoms with E-state index >= 15 is 0 Å². The Balaban J connectivity index is 1.87. The SMILES string of the molecule is C=CCN(C(=S)NCCc1ccc(OC)c(OC)c1)C1CCCC1. The van der Waals surface area contributed by atoms with Crippen molar-refractivity contribution in [3.05, 3.63) is 36.4 Å². The molecule has 0 amide bonds. The van der Waals surface area contributed by atoms with Gasteiger partial charge in [-0.25, -0.2) is 0 Å². The van der Waals surface area contributed by atoms with E-state index in [0.717, 1.165) is 36.1 Å². The van der Waals surface area contributed by atoms with Crippen molar-refractivity contribution in [1.29, 1.82) is 0 Å². The first-order chi connectivity index (χ1) is 11.7. The van der Waals surface area contributed by atoms with Crippen molar-refractivity contribution in [2.75, 3.05) is 27.3 Å². The average molecular weight is 349 g/mol. The van der Waals surface area contributed by atoms with Gasteiger partial charge in [-0.15, -0.1) is 6.58 Å². The lowest BCUT2D eigenvalue weighted by atomic mass is 10.1. The number of hydrogen-bond donors (Lipinski definition) is 1. The minimum Gasteiger partial charge on any atom is -0.493 e. The zero-order valence-electron chi connectivity index (χ0n) is 14.7. The third-order valence-corrected chi connectivity index (χ3v) is 4.87. The van der Waals surface area contributed by atoms with Crippen LogP contribution in [0, 0.1) is 0 Å². The Morgan fingerprint density at radius 2 is 2.00 bits per heavy atom. The molecule has 4 nitrogen and oxygen atoms in total. The second kappa shape index (κ2) is 9.52. The van der Waals surface area contributed by atoms with Gasteiger partial charge >= 0.3 is 0 Å². The molecule has 1 aliphatic carbocycles. The number of nitrogens with one attached hydrogen (secondary N) is 1. The molecule has 2 rings (SSSR count). The zero-order valence-corrected chi connectivity index (χ0v) is 15.5. The van der Waals surface area contributed by atoms with Gasteiger partial charge in [0.2, 0.25) is 0 Å². The number of rotatable bonds is 8. The van der Waals surface area contributed by atoms with E-state index in [0.29, 0.717) is 6.04 Å². The first kappa shape index (κ1) is 18.6. The van der Waals surface area contributed by atoms with Gasteiger partial charge in [0.1, 0.15) is 0 Å². The van der Waals surface area contributed by atoms with Gasteiger partial charge in [0.15, 0.2) is 16.6 Å². The van der Waals surface area contributed by atoms with Crippen LogP contribution in [0.15, 0.2) is 30.9 Å². The van der Waals surface area contributed by atoms with Crippen molar-refractivity contribution in [3.63, 3.8) is 0 Å². The Hall–Kier alpha value is -1.75. The Morgan fingerprint density at radius 1 is 1.29 bits per heavy atom. The standard InChI is InChI=1S/C19H28N2O2S/c1-4-13-21(16-7-5-6-8-16)19(24)20-12-11-15-9-10-17(22-2)18(14-15)23-3/h4,9-10,14,16H,1,5-8,11-13H2,2-3H3,(H,20,24). The molecule has 1 fully saturated rings. The van der Waals surface area contributed by atoms with E-state index in [4.69, 9.17) is 21.7 Å². The monoisotopic (exact) mass is 348 g/mol. The number of ether oxygens (including phenoxy) is 2. The molecule has 1 aliphatic rings. The minimum atomic E-state index is 0.559. The summed E-state index contributed by atoms with van der Waals surface area (Å²) < 4.78 is 10.6. The van der Waals surface area contributed by atoms with Crippen LogP contribution in [-0.4, -0.2) is 43.4 Å². The number of hydrogen-bond acceptors (Lipinski definition) is 3. The first-order valence-electron chi connectivity index (χ1n) is 8.56. The van der Waals surface area contributed by atoms with E-state index in [9.17, 15) is 0 Å². The molecule has 0 unspecified atom stereocenters. The predicted octanol–water partition coefficient (Wildman–Crippen LogP) is 3.55. The summed E-state index contributed by atoms with van der Waals surface area (Å²) in [6.07, 6.45) is 7.86. The van der Waals surface area contributed by atoms with Gasteiger partial charge in [-0.3, -0.25) is 0 Å². The summed E-state index contributed by atoms with van der Waals surface area (Å²) in [4.78, 5) is 2.28. The molecule has 1 saturated carbocycles. The molecule has 24 heavy (non-hydrogen) atoms. The number of methoxy groups -OCH3 is 2.